The Balaban J connectivity index is 1.43. The van der Waals surface area contributed by atoms with E-state index in [1.807, 2.05) is 4.90 Å². The van der Waals surface area contributed by atoms with Crippen molar-refractivity contribution in [2.45, 2.75) is 24.7 Å². The molecule has 0 aliphatic carbocycles. The second kappa shape index (κ2) is 7.01. The number of hydrogen-bond donors (Lipinski definition) is 1. The van der Waals surface area contributed by atoms with Crippen molar-refractivity contribution >= 4 is 27.5 Å². The molecule has 28 heavy (non-hydrogen) atoms. The lowest BCUT2D eigenvalue weighted by atomic mass is 9.95. The van der Waals surface area contributed by atoms with E-state index in [4.69, 9.17) is 0 Å². The van der Waals surface area contributed by atoms with Crippen LogP contribution in [0.4, 0.5) is 10.1 Å². The van der Waals surface area contributed by atoms with Gasteiger partial charge >= 0.3 is 0 Å². The van der Waals surface area contributed by atoms with Gasteiger partial charge in [-0.25, -0.2) is 4.39 Å². The number of aryl methyl sites for hydroxylation is 1. The molecule has 6 nitrogen and oxygen atoms in total. The number of hydrogen-bond acceptors (Lipinski definition) is 4. The first-order chi connectivity index (χ1) is 13.3. The maximum Gasteiger partial charge on any atom is 0.285 e. The van der Waals surface area contributed by atoms with Gasteiger partial charge in [-0.15, -0.1) is 4.40 Å². The lowest BCUT2D eigenvalue weighted by Gasteiger charge is -2.32. The summed E-state index contributed by atoms with van der Waals surface area (Å²) in [5.41, 5.74) is 1.57. The quantitative estimate of drug-likeness (QED) is 0.839. The fourth-order valence-corrected chi connectivity index (χ4v) is 4.85. The van der Waals surface area contributed by atoms with Crippen molar-refractivity contribution in [3.63, 3.8) is 0 Å². The number of benzene rings is 2. The molecule has 0 aromatic heterocycles. The van der Waals surface area contributed by atoms with E-state index in [9.17, 15) is 17.6 Å². The second-order valence-electron chi connectivity index (χ2n) is 7.12. The molecular formula is C20H20FN3O3S. The van der Waals surface area contributed by atoms with Crippen LogP contribution in [0.2, 0.25) is 0 Å². The molecule has 146 valence electrons. The number of anilines is 1. The highest BCUT2D eigenvalue weighted by Crippen LogP contribution is 2.30. The molecule has 0 unspecified atom stereocenters. The third kappa shape index (κ3) is 3.40. The number of piperidine rings is 1. The first-order valence-corrected chi connectivity index (χ1v) is 10.6. The van der Waals surface area contributed by atoms with Gasteiger partial charge in [0.1, 0.15) is 10.7 Å². The summed E-state index contributed by atoms with van der Waals surface area (Å²) >= 11 is 0. The van der Waals surface area contributed by atoms with Crippen molar-refractivity contribution in [1.82, 2.24) is 4.90 Å². The predicted molar refractivity (Wildman–Crippen MR) is 104 cm³/mol. The molecule has 0 bridgehead atoms. The summed E-state index contributed by atoms with van der Waals surface area (Å²) in [5, 5.41) is 2.66. The van der Waals surface area contributed by atoms with Crippen LogP contribution in [0.25, 0.3) is 0 Å². The molecule has 0 saturated carbocycles. The number of carbonyl (C=O) groups excluding carboxylic acids is 1. The maximum absolute atomic E-state index is 14.0. The summed E-state index contributed by atoms with van der Waals surface area (Å²) in [6, 6.07) is 11.5. The number of halogens is 1. The minimum Gasteiger partial charge on any atom is -0.355 e. The lowest BCUT2D eigenvalue weighted by molar-refractivity contribution is -0.121. The van der Waals surface area contributed by atoms with Crippen LogP contribution >= 0.6 is 0 Å². The normalized spacial score (nSPS) is 18.5. The Kier molecular flexibility index (Phi) is 4.66. The number of rotatable bonds is 2. The highest BCUT2D eigenvalue weighted by Gasteiger charge is 2.34. The summed E-state index contributed by atoms with van der Waals surface area (Å²) in [7, 11) is -3.66. The summed E-state index contributed by atoms with van der Waals surface area (Å²) in [6.07, 6.45) is 1.08. The molecule has 2 aliphatic heterocycles. The maximum atomic E-state index is 14.0. The molecule has 4 rings (SSSR count). The number of amides is 1. The van der Waals surface area contributed by atoms with Crippen molar-refractivity contribution in [3.05, 3.63) is 59.4 Å². The zero-order valence-corrected chi connectivity index (χ0v) is 16.2. The Morgan fingerprint density at radius 3 is 2.61 bits per heavy atom. The number of carbonyl (C=O) groups is 1. The SMILES string of the molecule is Cc1ccc(NC(=O)C2CCN(C3=NS(=O)(=O)c4ccccc43)CC2)c(F)c1. The number of fused-ring (bicyclic) bond motifs is 1. The van der Waals surface area contributed by atoms with E-state index in [1.165, 1.54) is 6.07 Å². The van der Waals surface area contributed by atoms with Gasteiger partial charge in [0, 0.05) is 24.6 Å². The number of nitrogens with zero attached hydrogens (tertiary/aromatic N) is 2. The summed E-state index contributed by atoms with van der Waals surface area (Å²) in [6.45, 7) is 2.81. The molecule has 2 aliphatic rings. The van der Waals surface area contributed by atoms with E-state index in [2.05, 4.69) is 9.71 Å². The van der Waals surface area contributed by atoms with Crippen molar-refractivity contribution in [2.75, 3.05) is 18.4 Å². The third-order valence-corrected chi connectivity index (χ3v) is 6.49. The van der Waals surface area contributed by atoms with Crippen LogP contribution < -0.4 is 5.32 Å². The van der Waals surface area contributed by atoms with Gasteiger partial charge in [-0.05, 0) is 49.6 Å². The van der Waals surface area contributed by atoms with E-state index in [0.717, 1.165) is 5.56 Å². The molecular weight excluding hydrogens is 381 g/mol. The van der Waals surface area contributed by atoms with E-state index in [1.54, 1.807) is 43.3 Å². The van der Waals surface area contributed by atoms with Gasteiger partial charge in [-0.1, -0.05) is 18.2 Å². The van der Waals surface area contributed by atoms with Crippen LogP contribution in [0.3, 0.4) is 0 Å². The minimum absolute atomic E-state index is 0.179. The van der Waals surface area contributed by atoms with Crippen molar-refractivity contribution < 1.29 is 17.6 Å². The van der Waals surface area contributed by atoms with Crippen LogP contribution in [0.5, 0.6) is 0 Å². The van der Waals surface area contributed by atoms with Gasteiger partial charge in [-0.2, -0.15) is 8.42 Å². The van der Waals surface area contributed by atoms with Crippen LogP contribution in [0.1, 0.15) is 24.0 Å². The molecule has 1 N–H and O–H groups in total. The largest absolute Gasteiger partial charge is 0.355 e. The molecule has 1 fully saturated rings. The van der Waals surface area contributed by atoms with Crippen LogP contribution in [0.15, 0.2) is 51.8 Å². The van der Waals surface area contributed by atoms with Crippen molar-refractivity contribution in [1.29, 1.82) is 0 Å². The topological polar surface area (TPSA) is 78.8 Å². The number of nitrogens with one attached hydrogen (secondary N) is 1. The summed E-state index contributed by atoms with van der Waals surface area (Å²) < 4.78 is 42.3. The fourth-order valence-electron chi connectivity index (χ4n) is 3.63. The van der Waals surface area contributed by atoms with E-state index in [0.29, 0.717) is 37.3 Å². The van der Waals surface area contributed by atoms with E-state index < -0.39 is 15.8 Å². The van der Waals surface area contributed by atoms with Gasteiger partial charge < -0.3 is 10.2 Å². The summed E-state index contributed by atoms with van der Waals surface area (Å²) in [5.74, 6) is -0.485. The predicted octanol–water partition coefficient (Wildman–Crippen LogP) is 2.93. The molecule has 2 aromatic carbocycles. The monoisotopic (exact) mass is 401 g/mol. The number of amidine groups is 1. The minimum atomic E-state index is -3.66. The highest BCUT2D eigenvalue weighted by atomic mass is 32.2. The zero-order valence-electron chi connectivity index (χ0n) is 15.4. The Morgan fingerprint density at radius 2 is 1.89 bits per heavy atom. The second-order valence-corrected chi connectivity index (χ2v) is 8.69. The third-order valence-electron chi connectivity index (χ3n) is 5.16. The molecule has 0 spiro atoms. The summed E-state index contributed by atoms with van der Waals surface area (Å²) in [4.78, 5) is 14.6. The first kappa shape index (κ1) is 18.6. The average Bonchev–Trinajstić information content (AvgIpc) is 2.96. The van der Waals surface area contributed by atoms with E-state index >= 15 is 0 Å². The lowest BCUT2D eigenvalue weighted by Crippen LogP contribution is -2.41. The average molecular weight is 401 g/mol. The van der Waals surface area contributed by atoms with Gasteiger partial charge in [0.05, 0.1) is 5.69 Å². The molecule has 0 radical (unpaired) electrons. The Bertz CT molecular complexity index is 1070. The van der Waals surface area contributed by atoms with Gasteiger partial charge in [0.25, 0.3) is 10.0 Å². The smallest absolute Gasteiger partial charge is 0.285 e. The molecule has 2 aromatic rings. The number of sulfonamides is 1. The van der Waals surface area contributed by atoms with Crippen LogP contribution in [0, 0.1) is 18.7 Å². The van der Waals surface area contributed by atoms with Crippen molar-refractivity contribution in [2.24, 2.45) is 10.3 Å². The highest BCUT2D eigenvalue weighted by molar-refractivity contribution is 7.90. The molecule has 2 heterocycles. The molecule has 1 amide bonds. The zero-order chi connectivity index (χ0) is 19.9. The Labute approximate surface area is 163 Å². The molecule has 0 atom stereocenters. The van der Waals surface area contributed by atoms with Gasteiger partial charge in [0.15, 0.2) is 5.84 Å². The Hall–Kier alpha value is -2.74. The molecule has 1 saturated heterocycles. The fraction of sp³-hybridized carbons (Fsp3) is 0.300. The van der Waals surface area contributed by atoms with Crippen LogP contribution in [-0.2, 0) is 14.8 Å². The van der Waals surface area contributed by atoms with E-state index in [-0.39, 0.29) is 22.4 Å². The van der Waals surface area contributed by atoms with Gasteiger partial charge in [-0.3, -0.25) is 4.79 Å². The first-order valence-electron chi connectivity index (χ1n) is 9.11. The standard InChI is InChI=1S/C20H20FN3O3S/c1-13-6-7-17(16(21)12-13)22-20(25)14-8-10-24(11-9-14)19-15-4-2-3-5-18(15)28(26,27)23-19/h2-7,12,14H,8-11H2,1H3,(H,22,25). The molecule has 8 heteroatoms. The van der Waals surface area contributed by atoms with Crippen molar-refractivity contribution in [3.8, 4) is 0 Å². The van der Waals surface area contributed by atoms with Gasteiger partial charge in [0.2, 0.25) is 5.91 Å². The number of likely N-dealkylation sites (tertiary alicyclic amines) is 1. The van der Waals surface area contributed by atoms with Crippen LogP contribution in [-0.4, -0.2) is 38.2 Å². The Morgan fingerprint density at radius 1 is 1.18 bits per heavy atom.